The number of ether oxygens (including phenoxy) is 2. The zero-order valence-electron chi connectivity index (χ0n) is 13.5. The standard InChI is InChI=1S/C19H19FO4/c1-2-12-23-18(21)15-5-7-16(8-6-15)19(22)24-13-11-14-3-9-17(20)10-4-14/h3-10H,2,11-13H2,1H3. The van der Waals surface area contributed by atoms with Gasteiger partial charge in [-0.2, -0.15) is 0 Å². The van der Waals surface area contributed by atoms with E-state index in [1.807, 2.05) is 6.92 Å². The minimum Gasteiger partial charge on any atom is -0.462 e. The lowest BCUT2D eigenvalue weighted by molar-refractivity contribution is 0.0492. The van der Waals surface area contributed by atoms with Crippen molar-refractivity contribution in [2.75, 3.05) is 13.2 Å². The number of esters is 2. The number of carbonyl (C=O) groups excluding carboxylic acids is 2. The average Bonchev–Trinajstić information content (AvgIpc) is 2.61. The first-order chi connectivity index (χ1) is 11.6. The van der Waals surface area contributed by atoms with Crippen LogP contribution < -0.4 is 0 Å². The van der Waals surface area contributed by atoms with Crippen molar-refractivity contribution in [2.45, 2.75) is 19.8 Å². The molecule has 0 radical (unpaired) electrons. The minimum absolute atomic E-state index is 0.199. The van der Waals surface area contributed by atoms with Gasteiger partial charge in [0.2, 0.25) is 0 Å². The molecule has 0 N–H and O–H groups in total. The van der Waals surface area contributed by atoms with E-state index in [9.17, 15) is 14.0 Å². The maximum Gasteiger partial charge on any atom is 0.338 e. The fourth-order valence-electron chi connectivity index (χ4n) is 2.02. The first-order valence-corrected chi connectivity index (χ1v) is 7.79. The summed E-state index contributed by atoms with van der Waals surface area (Å²) in [7, 11) is 0. The Balaban J connectivity index is 1.83. The molecular formula is C19H19FO4. The largest absolute Gasteiger partial charge is 0.462 e. The Morgan fingerprint density at radius 3 is 1.83 bits per heavy atom. The summed E-state index contributed by atoms with van der Waals surface area (Å²) in [5, 5.41) is 0. The molecule has 0 aliphatic carbocycles. The summed E-state index contributed by atoms with van der Waals surface area (Å²) in [6.45, 7) is 2.48. The zero-order valence-corrected chi connectivity index (χ0v) is 13.5. The molecule has 0 amide bonds. The number of hydrogen-bond donors (Lipinski definition) is 0. The normalized spacial score (nSPS) is 10.2. The fraction of sp³-hybridized carbons (Fsp3) is 0.263. The third-order valence-corrected chi connectivity index (χ3v) is 3.33. The highest BCUT2D eigenvalue weighted by Gasteiger charge is 2.10. The zero-order chi connectivity index (χ0) is 17.4. The van der Waals surface area contributed by atoms with Crippen molar-refractivity contribution in [3.05, 3.63) is 71.0 Å². The molecule has 2 rings (SSSR count). The first kappa shape index (κ1) is 17.7. The molecule has 0 atom stereocenters. The Morgan fingerprint density at radius 2 is 1.33 bits per heavy atom. The Hall–Kier alpha value is -2.69. The van der Waals surface area contributed by atoms with Gasteiger partial charge >= 0.3 is 11.9 Å². The van der Waals surface area contributed by atoms with Crippen LogP contribution in [-0.2, 0) is 15.9 Å². The van der Waals surface area contributed by atoms with E-state index in [2.05, 4.69) is 0 Å². The number of hydrogen-bond acceptors (Lipinski definition) is 4. The molecule has 5 heteroatoms. The van der Waals surface area contributed by atoms with Crippen LogP contribution in [0.25, 0.3) is 0 Å². The predicted molar refractivity (Wildman–Crippen MR) is 87.4 cm³/mol. The van der Waals surface area contributed by atoms with Crippen LogP contribution in [0.15, 0.2) is 48.5 Å². The Morgan fingerprint density at radius 1 is 0.833 bits per heavy atom. The molecule has 0 spiro atoms. The molecule has 0 aliphatic heterocycles. The summed E-state index contributed by atoms with van der Waals surface area (Å²) in [5.74, 6) is -1.17. The molecular weight excluding hydrogens is 311 g/mol. The van der Waals surface area contributed by atoms with Crippen LogP contribution in [0.5, 0.6) is 0 Å². The summed E-state index contributed by atoms with van der Waals surface area (Å²) < 4.78 is 23.0. The van der Waals surface area contributed by atoms with E-state index in [1.165, 1.54) is 36.4 Å². The van der Waals surface area contributed by atoms with Crippen LogP contribution >= 0.6 is 0 Å². The maximum atomic E-state index is 12.8. The van der Waals surface area contributed by atoms with Gasteiger partial charge in [0.1, 0.15) is 5.82 Å². The van der Waals surface area contributed by atoms with Crippen molar-refractivity contribution in [1.82, 2.24) is 0 Å². The van der Waals surface area contributed by atoms with Crippen LogP contribution in [0.2, 0.25) is 0 Å². The average molecular weight is 330 g/mol. The highest BCUT2D eigenvalue weighted by Crippen LogP contribution is 2.09. The molecule has 0 unspecified atom stereocenters. The van der Waals surface area contributed by atoms with E-state index < -0.39 is 11.9 Å². The van der Waals surface area contributed by atoms with Crippen LogP contribution in [0.1, 0.15) is 39.6 Å². The second-order valence-electron chi connectivity index (χ2n) is 5.23. The molecule has 0 aromatic heterocycles. The number of carbonyl (C=O) groups is 2. The highest BCUT2D eigenvalue weighted by molar-refractivity contribution is 5.93. The van der Waals surface area contributed by atoms with E-state index in [0.29, 0.717) is 24.2 Å². The summed E-state index contributed by atoms with van der Waals surface area (Å²) in [4.78, 5) is 23.6. The molecule has 126 valence electrons. The first-order valence-electron chi connectivity index (χ1n) is 7.79. The quantitative estimate of drug-likeness (QED) is 0.725. The molecule has 0 saturated carbocycles. The highest BCUT2D eigenvalue weighted by atomic mass is 19.1. The van der Waals surface area contributed by atoms with Crippen LogP contribution in [-0.4, -0.2) is 25.2 Å². The molecule has 0 bridgehead atoms. The van der Waals surface area contributed by atoms with Crippen LogP contribution in [0.3, 0.4) is 0 Å². The van der Waals surface area contributed by atoms with Gasteiger partial charge in [-0.3, -0.25) is 0 Å². The van der Waals surface area contributed by atoms with Gasteiger partial charge in [-0.15, -0.1) is 0 Å². The van der Waals surface area contributed by atoms with E-state index >= 15 is 0 Å². The van der Waals surface area contributed by atoms with Crippen molar-refractivity contribution < 1.29 is 23.5 Å². The SMILES string of the molecule is CCCOC(=O)c1ccc(C(=O)OCCc2ccc(F)cc2)cc1. The predicted octanol–water partition coefficient (Wildman–Crippen LogP) is 3.79. The Bertz CT molecular complexity index is 678. The Kier molecular flexibility index (Phi) is 6.49. The number of rotatable bonds is 7. The van der Waals surface area contributed by atoms with Gasteiger partial charge in [0.15, 0.2) is 0 Å². The molecule has 2 aromatic rings. The van der Waals surface area contributed by atoms with Crippen molar-refractivity contribution in [2.24, 2.45) is 0 Å². The maximum absolute atomic E-state index is 12.8. The van der Waals surface area contributed by atoms with Gasteiger partial charge in [0, 0.05) is 6.42 Å². The van der Waals surface area contributed by atoms with E-state index in [1.54, 1.807) is 12.1 Å². The van der Waals surface area contributed by atoms with Gasteiger partial charge < -0.3 is 9.47 Å². The fourth-order valence-corrected chi connectivity index (χ4v) is 2.02. The number of halogens is 1. The number of benzene rings is 2. The van der Waals surface area contributed by atoms with Crippen molar-refractivity contribution >= 4 is 11.9 Å². The summed E-state index contributed by atoms with van der Waals surface area (Å²) in [6.07, 6.45) is 1.26. The summed E-state index contributed by atoms with van der Waals surface area (Å²) >= 11 is 0. The van der Waals surface area contributed by atoms with Gasteiger partial charge in [-0.05, 0) is 48.4 Å². The van der Waals surface area contributed by atoms with Gasteiger partial charge in [0.25, 0.3) is 0 Å². The van der Waals surface area contributed by atoms with Crippen molar-refractivity contribution in [3.63, 3.8) is 0 Å². The van der Waals surface area contributed by atoms with E-state index in [4.69, 9.17) is 9.47 Å². The van der Waals surface area contributed by atoms with Gasteiger partial charge in [-0.25, -0.2) is 14.0 Å². The Labute approximate surface area is 140 Å². The van der Waals surface area contributed by atoms with E-state index in [-0.39, 0.29) is 12.4 Å². The monoisotopic (exact) mass is 330 g/mol. The van der Waals surface area contributed by atoms with Crippen LogP contribution in [0.4, 0.5) is 4.39 Å². The molecule has 0 aliphatic rings. The second-order valence-corrected chi connectivity index (χ2v) is 5.23. The van der Waals surface area contributed by atoms with Gasteiger partial charge in [-0.1, -0.05) is 19.1 Å². The molecule has 0 fully saturated rings. The molecule has 0 saturated heterocycles. The lowest BCUT2D eigenvalue weighted by Crippen LogP contribution is -2.09. The topological polar surface area (TPSA) is 52.6 Å². The molecule has 24 heavy (non-hydrogen) atoms. The smallest absolute Gasteiger partial charge is 0.338 e. The summed E-state index contributed by atoms with van der Waals surface area (Å²) in [5.41, 5.74) is 1.64. The van der Waals surface area contributed by atoms with Gasteiger partial charge in [0.05, 0.1) is 24.3 Å². The van der Waals surface area contributed by atoms with Crippen molar-refractivity contribution in [3.8, 4) is 0 Å². The molecule has 0 heterocycles. The molecule has 2 aromatic carbocycles. The second kappa shape index (κ2) is 8.82. The minimum atomic E-state index is -0.467. The third-order valence-electron chi connectivity index (χ3n) is 3.33. The van der Waals surface area contributed by atoms with Crippen LogP contribution in [0, 0.1) is 5.82 Å². The van der Waals surface area contributed by atoms with Crippen molar-refractivity contribution in [1.29, 1.82) is 0 Å². The lowest BCUT2D eigenvalue weighted by Gasteiger charge is -2.06. The lowest BCUT2D eigenvalue weighted by atomic mass is 10.1. The molecule has 4 nitrogen and oxygen atoms in total. The van der Waals surface area contributed by atoms with E-state index in [0.717, 1.165) is 12.0 Å². The third kappa shape index (κ3) is 5.19. The summed E-state index contributed by atoms with van der Waals surface area (Å²) in [6, 6.07) is 12.2.